The van der Waals surface area contributed by atoms with Crippen LogP contribution in [-0.2, 0) is 14.4 Å². The van der Waals surface area contributed by atoms with E-state index in [-0.39, 0.29) is 29.6 Å². The van der Waals surface area contributed by atoms with E-state index in [1.807, 2.05) is 6.92 Å². The third kappa shape index (κ3) is 3.57. The molecule has 0 aromatic carbocycles. The van der Waals surface area contributed by atoms with Crippen molar-refractivity contribution in [2.24, 2.45) is 11.8 Å². The van der Waals surface area contributed by atoms with Gasteiger partial charge in [-0.15, -0.1) is 0 Å². The van der Waals surface area contributed by atoms with Gasteiger partial charge in [-0.05, 0) is 19.3 Å². The van der Waals surface area contributed by atoms with Crippen LogP contribution in [0.15, 0.2) is 12.3 Å². The molecule has 2 rings (SSSR count). The Morgan fingerprint density at radius 2 is 1.36 bits per heavy atom. The highest BCUT2D eigenvalue weighted by Gasteiger charge is 2.34. The van der Waals surface area contributed by atoms with E-state index in [9.17, 15) is 14.4 Å². The van der Waals surface area contributed by atoms with Crippen molar-refractivity contribution in [3.05, 3.63) is 12.3 Å². The van der Waals surface area contributed by atoms with Crippen LogP contribution in [0.25, 0.3) is 0 Å². The molecule has 0 bridgehead atoms. The van der Waals surface area contributed by atoms with Crippen LogP contribution in [0.1, 0.15) is 52.4 Å². The summed E-state index contributed by atoms with van der Waals surface area (Å²) in [5.41, 5.74) is 0.930. The fourth-order valence-corrected chi connectivity index (χ4v) is 3.22. The number of hydrogen-bond donors (Lipinski definition) is 0. The number of carbonyl (C=O) groups excluding carboxylic acids is 3. The highest BCUT2D eigenvalue weighted by molar-refractivity contribution is 6.03. The van der Waals surface area contributed by atoms with Crippen LogP contribution in [0.4, 0.5) is 0 Å². The van der Waals surface area contributed by atoms with Gasteiger partial charge in [0.1, 0.15) is 0 Å². The number of likely N-dealkylation sites (tertiary alicyclic amines) is 2. The van der Waals surface area contributed by atoms with E-state index in [4.69, 9.17) is 0 Å². The Morgan fingerprint density at radius 1 is 0.864 bits per heavy atom. The first kappa shape index (κ1) is 16.7. The van der Waals surface area contributed by atoms with Gasteiger partial charge in [0, 0.05) is 37.0 Å². The summed E-state index contributed by atoms with van der Waals surface area (Å²) in [7, 11) is 0. The standard InChI is InChI=1S/C17H26N2O3/c1-12-10-14(3)18(16(12)21)8-6-4-5-7-9-19-15(20)11-13(2)17(19)22/h12-13H,3-11H2,1-2H3. The zero-order chi connectivity index (χ0) is 16.3. The van der Waals surface area contributed by atoms with Crippen molar-refractivity contribution in [3.8, 4) is 0 Å². The van der Waals surface area contributed by atoms with Crippen molar-refractivity contribution in [2.45, 2.75) is 52.4 Å². The summed E-state index contributed by atoms with van der Waals surface area (Å²) < 4.78 is 0. The average Bonchev–Trinajstić information content (AvgIpc) is 2.84. The van der Waals surface area contributed by atoms with Gasteiger partial charge in [-0.2, -0.15) is 0 Å². The minimum Gasteiger partial charge on any atom is -0.317 e. The molecule has 0 aromatic rings. The molecule has 3 amide bonds. The zero-order valence-corrected chi connectivity index (χ0v) is 13.6. The molecule has 2 fully saturated rings. The van der Waals surface area contributed by atoms with Crippen molar-refractivity contribution in [1.29, 1.82) is 0 Å². The van der Waals surface area contributed by atoms with E-state index in [1.54, 1.807) is 11.8 Å². The van der Waals surface area contributed by atoms with Gasteiger partial charge in [-0.1, -0.05) is 33.3 Å². The van der Waals surface area contributed by atoms with Crippen LogP contribution in [0.3, 0.4) is 0 Å². The Morgan fingerprint density at radius 3 is 1.82 bits per heavy atom. The summed E-state index contributed by atoms with van der Waals surface area (Å²) in [6.07, 6.45) is 4.88. The quantitative estimate of drug-likeness (QED) is 0.536. The summed E-state index contributed by atoms with van der Waals surface area (Å²) in [6, 6.07) is 0. The van der Waals surface area contributed by atoms with Gasteiger partial charge in [0.05, 0.1) is 0 Å². The topological polar surface area (TPSA) is 57.7 Å². The molecule has 5 nitrogen and oxygen atoms in total. The number of carbonyl (C=O) groups is 3. The molecule has 2 aliphatic rings. The van der Waals surface area contributed by atoms with Crippen LogP contribution in [0, 0.1) is 11.8 Å². The van der Waals surface area contributed by atoms with Crippen LogP contribution >= 0.6 is 0 Å². The maximum Gasteiger partial charge on any atom is 0.232 e. The van der Waals surface area contributed by atoms with E-state index in [0.717, 1.165) is 44.3 Å². The van der Waals surface area contributed by atoms with E-state index in [1.165, 1.54) is 4.90 Å². The smallest absolute Gasteiger partial charge is 0.232 e. The third-order valence-corrected chi connectivity index (χ3v) is 4.59. The Bertz CT molecular complexity index is 442. The lowest BCUT2D eigenvalue weighted by Crippen LogP contribution is -2.31. The number of rotatable bonds is 7. The van der Waals surface area contributed by atoms with Gasteiger partial charge in [0.25, 0.3) is 0 Å². The highest BCUT2D eigenvalue weighted by atomic mass is 16.2. The van der Waals surface area contributed by atoms with E-state index >= 15 is 0 Å². The lowest BCUT2D eigenvalue weighted by Gasteiger charge is -2.17. The molecular formula is C17H26N2O3. The minimum absolute atomic E-state index is 0.0297. The van der Waals surface area contributed by atoms with Crippen molar-refractivity contribution < 1.29 is 14.4 Å². The van der Waals surface area contributed by atoms with Gasteiger partial charge in [-0.3, -0.25) is 19.3 Å². The predicted molar refractivity (Wildman–Crippen MR) is 83.6 cm³/mol. The maximum atomic E-state index is 11.9. The minimum atomic E-state index is -0.151. The molecule has 2 atom stereocenters. The molecule has 2 saturated heterocycles. The number of allylic oxidation sites excluding steroid dienone is 1. The van der Waals surface area contributed by atoms with Gasteiger partial charge in [-0.25, -0.2) is 0 Å². The lowest BCUT2D eigenvalue weighted by molar-refractivity contribution is -0.139. The van der Waals surface area contributed by atoms with Crippen LogP contribution < -0.4 is 0 Å². The molecule has 2 heterocycles. The Balaban J connectivity index is 1.60. The van der Waals surface area contributed by atoms with Crippen molar-refractivity contribution >= 4 is 17.7 Å². The normalized spacial score (nSPS) is 25.7. The lowest BCUT2D eigenvalue weighted by atomic mass is 10.1. The van der Waals surface area contributed by atoms with Crippen LogP contribution in [0.2, 0.25) is 0 Å². The van der Waals surface area contributed by atoms with Gasteiger partial charge < -0.3 is 4.90 Å². The molecule has 0 N–H and O–H groups in total. The average molecular weight is 306 g/mol. The molecule has 0 aromatic heterocycles. The number of imide groups is 1. The van der Waals surface area contributed by atoms with Crippen LogP contribution in [-0.4, -0.2) is 40.6 Å². The van der Waals surface area contributed by atoms with E-state index in [0.29, 0.717) is 13.0 Å². The fraction of sp³-hybridized carbons (Fsp3) is 0.706. The largest absolute Gasteiger partial charge is 0.317 e. The number of hydrogen-bond acceptors (Lipinski definition) is 3. The molecule has 0 aliphatic carbocycles. The zero-order valence-electron chi connectivity index (χ0n) is 13.6. The highest BCUT2D eigenvalue weighted by Crippen LogP contribution is 2.26. The van der Waals surface area contributed by atoms with Crippen molar-refractivity contribution in [1.82, 2.24) is 9.80 Å². The summed E-state index contributed by atoms with van der Waals surface area (Å²) in [4.78, 5) is 38.5. The summed E-state index contributed by atoms with van der Waals surface area (Å²) in [5, 5.41) is 0. The second-order valence-electron chi connectivity index (χ2n) is 6.56. The molecule has 122 valence electrons. The first-order chi connectivity index (χ1) is 10.4. The molecule has 2 unspecified atom stereocenters. The van der Waals surface area contributed by atoms with Gasteiger partial charge in [0.2, 0.25) is 17.7 Å². The van der Waals surface area contributed by atoms with Crippen molar-refractivity contribution in [3.63, 3.8) is 0 Å². The van der Waals surface area contributed by atoms with Gasteiger partial charge in [0.15, 0.2) is 0 Å². The SMILES string of the molecule is C=C1CC(C)C(=O)N1CCCCCCN1C(=O)CC(C)C1=O. The molecular weight excluding hydrogens is 280 g/mol. The predicted octanol–water partition coefficient (Wildman–Crippen LogP) is 2.32. The Labute approximate surface area is 132 Å². The Kier molecular flexibility index (Phi) is 5.37. The second-order valence-corrected chi connectivity index (χ2v) is 6.56. The summed E-state index contributed by atoms with van der Waals surface area (Å²) >= 11 is 0. The maximum absolute atomic E-state index is 11.9. The molecule has 2 aliphatic heterocycles. The number of amides is 3. The van der Waals surface area contributed by atoms with E-state index < -0.39 is 0 Å². The van der Waals surface area contributed by atoms with E-state index in [2.05, 4.69) is 6.58 Å². The third-order valence-electron chi connectivity index (χ3n) is 4.59. The van der Waals surface area contributed by atoms with Crippen LogP contribution in [0.5, 0.6) is 0 Å². The second kappa shape index (κ2) is 7.07. The molecule has 5 heteroatoms. The molecule has 22 heavy (non-hydrogen) atoms. The monoisotopic (exact) mass is 306 g/mol. The number of unbranched alkanes of at least 4 members (excludes halogenated alkanes) is 3. The number of nitrogens with zero attached hydrogens (tertiary/aromatic N) is 2. The van der Waals surface area contributed by atoms with Crippen molar-refractivity contribution in [2.75, 3.05) is 13.1 Å². The fourth-order valence-electron chi connectivity index (χ4n) is 3.22. The Hall–Kier alpha value is -1.65. The summed E-state index contributed by atoms with van der Waals surface area (Å²) in [6.45, 7) is 8.97. The molecule has 0 spiro atoms. The first-order valence-electron chi connectivity index (χ1n) is 8.25. The first-order valence-corrected chi connectivity index (χ1v) is 8.25. The molecule has 0 saturated carbocycles. The summed E-state index contributed by atoms with van der Waals surface area (Å²) in [5.74, 6) is 0.0408. The van der Waals surface area contributed by atoms with Gasteiger partial charge >= 0.3 is 0 Å². The molecule has 0 radical (unpaired) electrons.